The van der Waals surface area contributed by atoms with Gasteiger partial charge in [-0.05, 0) is 43.7 Å². The van der Waals surface area contributed by atoms with Crippen LogP contribution in [0.25, 0.3) is 5.76 Å². The highest BCUT2D eigenvalue weighted by molar-refractivity contribution is 6.51. The second-order valence-electron chi connectivity index (χ2n) is 7.99. The SMILES string of the molecule is Cc1ccc(/C(O)=C2\C(=O)C(=O)N(c3ccc(C(F)(F)F)cc3)C2c2cccc(C)c2)cc1. The third kappa shape index (κ3) is 4.14. The van der Waals surface area contributed by atoms with E-state index in [2.05, 4.69) is 0 Å². The Bertz CT molecular complexity index is 1260. The average Bonchev–Trinajstić information content (AvgIpc) is 3.04. The number of carbonyl (C=O) groups excluding carboxylic acids is 2. The zero-order valence-corrected chi connectivity index (χ0v) is 17.9. The van der Waals surface area contributed by atoms with Crippen molar-refractivity contribution in [3.63, 3.8) is 0 Å². The molecular weight excluding hydrogens is 431 g/mol. The van der Waals surface area contributed by atoms with E-state index in [4.69, 9.17) is 0 Å². The lowest BCUT2D eigenvalue weighted by Gasteiger charge is -2.26. The number of amides is 1. The fraction of sp³-hybridized carbons (Fsp3) is 0.154. The quantitative estimate of drug-likeness (QED) is 0.304. The summed E-state index contributed by atoms with van der Waals surface area (Å²) in [5.74, 6) is -2.16. The topological polar surface area (TPSA) is 57.6 Å². The Balaban J connectivity index is 1.91. The van der Waals surface area contributed by atoms with E-state index in [1.54, 1.807) is 42.5 Å². The van der Waals surface area contributed by atoms with E-state index in [1.807, 2.05) is 19.9 Å². The number of aryl methyl sites for hydroxylation is 2. The van der Waals surface area contributed by atoms with E-state index in [0.717, 1.165) is 40.3 Å². The van der Waals surface area contributed by atoms with Crippen molar-refractivity contribution in [2.75, 3.05) is 4.90 Å². The first-order chi connectivity index (χ1) is 15.6. The highest BCUT2D eigenvalue weighted by atomic mass is 19.4. The summed E-state index contributed by atoms with van der Waals surface area (Å²) < 4.78 is 39.1. The number of ketones is 1. The predicted octanol–water partition coefficient (Wildman–Crippen LogP) is 5.95. The van der Waals surface area contributed by atoms with Gasteiger partial charge in [0, 0.05) is 11.3 Å². The molecule has 0 aromatic heterocycles. The van der Waals surface area contributed by atoms with Gasteiger partial charge in [0.25, 0.3) is 11.7 Å². The molecule has 1 N–H and O–H groups in total. The van der Waals surface area contributed by atoms with Gasteiger partial charge in [-0.25, -0.2) is 0 Å². The van der Waals surface area contributed by atoms with Gasteiger partial charge in [0.2, 0.25) is 0 Å². The summed E-state index contributed by atoms with van der Waals surface area (Å²) in [6.07, 6.45) is -4.53. The van der Waals surface area contributed by atoms with Crippen LogP contribution < -0.4 is 4.90 Å². The van der Waals surface area contributed by atoms with Gasteiger partial charge in [-0.2, -0.15) is 13.2 Å². The molecule has 1 amide bonds. The molecule has 1 heterocycles. The molecule has 1 atom stereocenters. The number of nitrogens with zero attached hydrogens (tertiary/aromatic N) is 1. The van der Waals surface area contributed by atoms with Crippen LogP contribution in [0.15, 0.2) is 78.4 Å². The first-order valence-corrected chi connectivity index (χ1v) is 10.2. The van der Waals surface area contributed by atoms with Crippen LogP contribution in [0.4, 0.5) is 18.9 Å². The molecule has 1 fully saturated rings. The maximum absolute atomic E-state index is 13.1. The van der Waals surface area contributed by atoms with Crippen molar-refractivity contribution in [1.82, 2.24) is 0 Å². The lowest BCUT2D eigenvalue weighted by Crippen LogP contribution is -2.29. The zero-order valence-electron chi connectivity index (χ0n) is 17.9. The zero-order chi connectivity index (χ0) is 23.9. The molecule has 3 aromatic rings. The molecular formula is C26H20F3NO3. The van der Waals surface area contributed by atoms with E-state index in [-0.39, 0.29) is 17.0 Å². The summed E-state index contributed by atoms with van der Waals surface area (Å²) in [7, 11) is 0. The van der Waals surface area contributed by atoms with E-state index in [9.17, 15) is 27.9 Å². The number of Topliss-reactive ketones (excluding diaryl/α,β-unsaturated/α-hetero) is 1. The van der Waals surface area contributed by atoms with Crippen LogP contribution in [0.1, 0.15) is 33.9 Å². The summed E-state index contributed by atoms with van der Waals surface area (Å²) in [6.45, 7) is 3.72. The van der Waals surface area contributed by atoms with E-state index in [1.165, 1.54) is 0 Å². The Morgan fingerprint density at radius 1 is 0.879 bits per heavy atom. The lowest BCUT2D eigenvalue weighted by molar-refractivity contribution is -0.137. The van der Waals surface area contributed by atoms with E-state index < -0.39 is 29.5 Å². The van der Waals surface area contributed by atoms with Crippen LogP contribution in [-0.2, 0) is 15.8 Å². The summed E-state index contributed by atoms with van der Waals surface area (Å²) >= 11 is 0. The molecule has 0 spiro atoms. The molecule has 1 aliphatic heterocycles. The van der Waals surface area contributed by atoms with Gasteiger partial charge >= 0.3 is 6.18 Å². The van der Waals surface area contributed by atoms with Gasteiger partial charge in [0.05, 0.1) is 17.2 Å². The number of alkyl halides is 3. The average molecular weight is 451 g/mol. The highest BCUT2D eigenvalue weighted by Gasteiger charge is 2.47. The highest BCUT2D eigenvalue weighted by Crippen LogP contribution is 2.43. The molecule has 0 radical (unpaired) electrons. The van der Waals surface area contributed by atoms with Crippen molar-refractivity contribution < 1.29 is 27.9 Å². The van der Waals surface area contributed by atoms with Crippen molar-refractivity contribution in [3.8, 4) is 0 Å². The van der Waals surface area contributed by atoms with Gasteiger partial charge in [0.1, 0.15) is 5.76 Å². The van der Waals surface area contributed by atoms with Crippen LogP contribution in [0.5, 0.6) is 0 Å². The Hall–Kier alpha value is -3.87. The fourth-order valence-electron chi connectivity index (χ4n) is 3.93. The predicted molar refractivity (Wildman–Crippen MR) is 119 cm³/mol. The van der Waals surface area contributed by atoms with Gasteiger partial charge in [0.15, 0.2) is 0 Å². The molecule has 4 nitrogen and oxygen atoms in total. The monoisotopic (exact) mass is 451 g/mol. The minimum Gasteiger partial charge on any atom is -0.507 e. The number of hydrogen-bond donors (Lipinski definition) is 1. The van der Waals surface area contributed by atoms with Gasteiger partial charge < -0.3 is 5.11 Å². The normalized spacial score (nSPS) is 18.1. The third-order valence-corrected chi connectivity index (χ3v) is 5.60. The number of benzene rings is 3. The number of halogens is 3. The minimum atomic E-state index is -4.53. The second kappa shape index (κ2) is 8.24. The Morgan fingerprint density at radius 2 is 1.52 bits per heavy atom. The van der Waals surface area contributed by atoms with E-state index >= 15 is 0 Å². The molecule has 0 bridgehead atoms. The molecule has 0 saturated carbocycles. The Labute approximate surface area is 188 Å². The molecule has 1 saturated heterocycles. The molecule has 7 heteroatoms. The number of rotatable bonds is 3. The Morgan fingerprint density at radius 3 is 2.09 bits per heavy atom. The summed E-state index contributed by atoms with van der Waals surface area (Å²) in [5.41, 5.74) is 1.88. The summed E-state index contributed by atoms with van der Waals surface area (Å²) in [4.78, 5) is 27.3. The first kappa shape index (κ1) is 22.3. The molecule has 3 aromatic carbocycles. The summed E-state index contributed by atoms with van der Waals surface area (Å²) in [6, 6.07) is 16.9. The molecule has 4 rings (SSSR count). The van der Waals surface area contributed by atoms with Gasteiger partial charge in [-0.3, -0.25) is 14.5 Å². The van der Waals surface area contributed by atoms with Crippen molar-refractivity contribution in [2.24, 2.45) is 0 Å². The number of carbonyl (C=O) groups is 2. The Kier molecular flexibility index (Phi) is 5.57. The second-order valence-corrected chi connectivity index (χ2v) is 7.99. The standard InChI is InChI=1S/C26H20F3NO3/c1-15-6-8-17(9-7-15)23(31)21-22(18-5-3-4-16(2)14-18)30(25(33)24(21)32)20-12-10-19(11-13-20)26(27,28)29/h3-14,22,31H,1-2H3/b23-21+. The van der Waals surface area contributed by atoms with Crippen molar-refractivity contribution in [2.45, 2.75) is 26.1 Å². The van der Waals surface area contributed by atoms with Crippen molar-refractivity contribution in [3.05, 3.63) is 106 Å². The van der Waals surface area contributed by atoms with Crippen LogP contribution in [0.3, 0.4) is 0 Å². The maximum Gasteiger partial charge on any atom is 0.416 e. The molecule has 1 aliphatic rings. The smallest absolute Gasteiger partial charge is 0.416 e. The summed E-state index contributed by atoms with van der Waals surface area (Å²) in [5, 5.41) is 11.0. The lowest BCUT2D eigenvalue weighted by atomic mass is 9.94. The number of aliphatic hydroxyl groups is 1. The van der Waals surface area contributed by atoms with Crippen LogP contribution in [-0.4, -0.2) is 16.8 Å². The molecule has 33 heavy (non-hydrogen) atoms. The van der Waals surface area contributed by atoms with Crippen LogP contribution in [0, 0.1) is 13.8 Å². The fourth-order valence-corrected chi connectivity index (χ4v) is 3.93. The molecule has 168 valence electrons. The minimum absolute atomic E-state index is 0.116. The first-order valence-electron chi connectivity index (χ1n) is 10.2. The van der Waals surface area contributed by atoms with Gasteiger partial charge in [-0.15, -0.1) is 0 Å². The maximum atomic E-state index is 13.1. The molecule has 0 aliphatic carbocycles. The van der Waals surface area contributed by atoms with Crippen LogP contribution in [0.2, 0.25) is 0 Å². The van der Waals surface area contributed by atoms with Crippen molar-refractivity contribution in [1.29, 1.82) is 0 Å². The van der Waals surface area contributed by atoms with Gasteiger partial charge in [-0.1, -0.05) is 59.7 Å². The van der Waals surface area contributed by atoms with Crippen molar-refractivity contribution >= 4 is 23.1 Å². The van der Waals surface area contributed by atoms with E-state index in [0.29, 0.717) is 11.1 Å². The number of anilines is 1. The number of hydrogen-bond acceptors (Lipinski definition) is 3. The largest absolute Gasteiger partial charge is 0.507 e. The number of aliphatic hydroxyl groups excluding tert-OH is 1. The van der Waals surface area contributed by atoms with Crippen LogP contribution >= 0.6 is 0 Å². The third-order valence-electron chi connectivity index (χ3n) is 5.60. The molecule has 1 unspecified atom stereocenters.